The minimum Gasteiger partial charge on any atom is -0.332 e. The largest absolute Gasteiger partial charge is 0.332 e. The van der Waals surface area contributed by atoms with E-state index in [0.29, 0.717) is 10.7 Å². The molecule has 3 rings (SSSR count). The number of hydrogen-bond donors (Lipinski definition) is 2. The van der Waals surface area contributed by atoms with Gasteiger partial charge in [0, 0.05) is 23.5 Å². The highest BCUT2D eigenvalue weighted by atomic mass is 32.1. The second-order valence-electron chi connectivity index (χ2n) is 6.75. The Morgan fingerprint density at radius 1 is 1.00 bits per heavy atom. The molecule has 0 atom stereocenters. The molecule has 2 aromatic rings. The molecular formula is C21H25N3OS. The summed E-state index contributed by atoms with van der Waals surface area (Å²) in [6, 6.07) is 15.7. The van der Waals surface area contributed by atoms with Crippen LogP contribution in [0.4, 0.5) is 11.4 Å². The van der Waals surface area contributed by atoms with Crippen molar-refractivity contribution in [3.63, 3.8) is 0 Å². The molecule has 1 aliphatic rings. The average molecular weight is 368 g/mol. The van der Waals surface area contributed by atoms with Gasteiger partial charge in [-0.25, -0.2) is 0 Å². The number of ketones is 1. The number of nitrogens with zero attached hydrogens (tertiary/aromatic N) is 1. The minimum atomic E-state index is 0.0387. The topological polar surface area (TPSA) is 44.4 Å². The summed E-state index contributed by atoms with van der Waals surface area (Å²) < 4.78 is 0. The molecule has 0 radical (unpaired) electrons. The van der Waals surface area contributed by atoms with Crippen LogP contribution in [0.2, 0.25) is 0 Å². The van der Waals surface area contributed by atoms with Crippen LogP contribution < -0.4 is 10.6 Å². The van der Waals surface area contributed by atoms with Crippen molar-refractivity contribution in [1.29, 1.82) is 0 Å². The Labute approximate surface area is 160 Å². The van der Waals surface area contributed by atoms with Crippen molar-refractivity contribution in [3.05, 3.63) is 59.7 Å². The summed E-state index contributed by atoms with van der Waals surface area (Å²) in [6.45, 7) is 4.97. The first kappa shape index (κ1) is 18.5. The fraction of sp³-hybridized carbons (Fsp3) is 0.333. The highest BCUT2D eigenvalue weighted by Crippen LogP contribution is 2.16. The first-order valence-corrected chi connectivity index (χ1v) is 9.51. The van der Waals surface area contributed by atoms with E-state index in [2.05, 4.69) is 39.8 Å². The van der Waals surface area contributed by atoms with Crippen molar-refractivity contribution in [2.24, 2.45) is 0 Å². The van der Waals surface area contributed by atoms with Gasteiger partial charge in [-0.15, -0.1) is 0 Å². The molecule has 0 unspecified atom stereocenters. The van der Waals surface area contributed by atoms with E-state index in [1.54, 1.807) is 19.1 Å². The van der Waals surface area contributed by atoms with Crippen LogP contribution >= 0.6 is 12.2 Å². The van der Waals surface area contributed by atoms with E-state index in [4.69, 9.17) is 12.2 Å². The van der Waals surface area contributed by atoms with Crippen molar-refractivity contribution in [1.82, 2.24) is 4.90 Å². The number of carbonyl (C=O) groups excluding carboxylic acids is 1. The van der Waals surface area contributed by atoms with Crippen LogP contribution in [0.3, 0.4) is 0 Å². The van der Waals surface area contributed by atoms with Crippen LogP contribution in [0.15, 0.2) is 48.5 Å². The molecule has 2 N–H and O–H groups in total. The van der Waals surface area contributed by atoms with Crippen molar-refractivity contribution in [2.75, 3.05) is 23.7 Å². The Hall–Kier alpha value is -2.24. The summed E-state index contributed by atoms with van der Waals surface area (Å²) in [5.41, 5.74) is 3.75. The van der Waals surface area contributed by atoms with Gasteiger partial charge < -0.3 is 10.6 Å². The van der Waals surface area contributed by atoms with E-state index in [-0.39, 0.29) is 5.78 Å². The number of anilines is 2. The summed E-state index contributed by atoms with van der Waals surface area (Å²) in [6.07, 6.45) is 3.98. The molecule has 4 nitrogen and oxygen atoms in total. The fourth-order valence-corrected chi connectivity index (χ4v) is 3.41. The summed E-state index contributed by atoms with van der Waals surface area (Å²) in [5, 5.41) is 6.83. The van der Waals surface area contributed by atoms with Crippen LogP contribution in [0.5, 0.6) is 0 Å². The normalized spacial score (nSPS) is 14.7. The molecule has 5 heteroatoms. The minimum absolute atomic E-state index is 0.0387. The summed E-state index contributed by atoms with van der Waals surface area (Å²) in [4.78, 5) is 14.0. The predicted octanol–water partition coefficient (Wildman–Crippen LogP) is 4.68. The van der Waals surface area contributed by atoms with E-state index in [0.717, 1.165) is 17.9 Å². The van der Waals surface area contributed by atoms with E-state index < -0.39 is 0 Å². The van der Waals surface area contributed by atoms with E-state index >= 15 is 0 Å². The standard InChI is InChI=1S/C21H25N3OS/c1-16(25)18-6-5-7-20(14-18)23-21(26)22-19-10-8-17(9-11-19)15-24-12-3-2-4-13-24/h5-11,14H,2-4,12-13,15H2,1H3,(H2,22,23,26). The SMILES string of the molecule is CC(=O)c1cccc(NC(=S)Nc2ccc(CN3CCCCC3)cc2)c1. The lowest BCUT2D eigenvalue weighted by Crippen LogP contribution is -2.29. The van der Waals surface area contributed by atoms with E-state index in [9.17, 15) is 4.79 Å². The average Bonchev–Trinajstić information content (AvgIpc) is 2.64. The molecule has 1 saturated heterocycles. The highest BCUT2D eigenvalue weighted by Gasteiger charge is 2.10. The van der Waals surface area contributed by atoms with Gasteiger partial charge in [0.15, 0.2) is 10.9 Å². The third-order valence-electron chi connectivity index (χ3n) is 4.59. The number of carbonyl (C=O) groups is 1. The van der Waals surface area contributed by atoms with Gasteiger partial charge >= 0.3 is 0 Å². The van der Waals surface area contributed by atoms with Crippen molar-refractivity contribution >= 4 is 34.5 Å². The van der Waals surface area contributed by atoms with Crippen LogP contribution in [-0.2, 0) is 6.54 Å². The number of Topliss-reactive ketones (excluding diaryl/α,β-unsaturated/α-hetero) is 1. The molecule has 0 aromatic heterocycles. The molecule has 136 valence electrons. The lowest BCUT2D eigenvalue weighted by Gasteiger charge is -2.26. The zero-order valence-corrected chi connectivity index (χ0v) is 15.9. The summed E-state index contributed by atoms with van der Waals surface area (Å²) >= 11 is 5.38. The van der Waals surface area contributed by atoms with E-state index in [1.165, 1.54) is 37.9 Å². The number of piperidine rings is 1. The van der Waals surface area contributed by atoms with Gasteiger partial charge in [-0.05, 0) is 74.9 Å². The number of likely N-dealkylation sites (tertiary alicyclic amines) is 1. The Bertz CT molecular complexity index is 767. The maximum absolute atomic E-state index is 11.5. The molecule has 0 amide bonds. The summed E-state index contributed by atoms with van der Waals surface area (Å²) in [5.74, 6) is 0.0387. The monoisotopic (exact) mass is 367 g/mol. The molecule has 1 fully saturated rings. The van der Waals surface area contributed by atoms with Gasteiger partial charge in [0.05, 0.1) is 0 Å². The second-order valence-corrected chi connectivity index (χ2v) is 7.16. The van der Waals surface area contributed by atoms with Gasteiger partial charge in [0.1, 0.15) is 0 Å². The molecule has 0 aliphatic carbocycles. The Morgan fingerprint density at radius 3 is 2.38 bits per heavy atom. The van der Waals surface area contributed by atoms with E-state index in [1.807, 2.05) is 12.1 Å². The quantitative estimate of drug-likeness (QED) is 0.593. The second kappa shape index (κ2) is 8.92. The maximum atomic E-state index is 11.5. The van der Waals surface area contributed by atoms with Gasteiger partial charge in [-0.3, -0.25) is 9.69 Å². The number of thiocarbonyl (C=S) groups is 1. The van der Waals surface area contributed by atoms with Crippen molar-refractivity contribution in [3.8, 4) is 0 Å². The van der Waals surface area contributed by atoms with Gasteiger partial charge in [0.2, 0.25) is 0 Å². The predicted molar refractivity (Wildman–Crippen MR) is 112 cm³/mol. The van der Waals surface area contributed by atoms with Crippen molar-refractivity contribution in [2.45, 2.75) is 32.7 Å². The highest BCUT2D eigenvalue weighted by molar-refractivity contribution is 7.80. The van der Waals surface area contributed by atoms with Crippen LogP contribution in [0.25, 0.3) is 0 Å². The van der Waals surface area contributed by atoms with Gasteiger partial charge in [-0.2, -0.15) is 0 Å². The fourth-order valence-electron chi connectivity index (χ4n) is 3.18. The molecule has 0 saturated carbocycles. The van der Waals surface area contributed by atoms with Crippen LogP contribution in [0.1, 0.15) is 42.1 Å². The third kappa shape index (κ3) is 5.38. The number of hydrogen-bond acceptors (Lipinski definition) is 3. The molecular weight excluding hydrogens is 342 g/mol. The molecule has 0 bridgehead atoms. The third-order valence-corrected chi connectivity index (χ3v) is 4.80. The number of benzene rings is 2. The molecule has 0 spiro atoms. The lowest BCUT2D eigenvalue weighted by atomic mass is 10.1. The zero-order chi connectivity index (χ0) is 18.4. The maximum Gasteiger partial charge on any atom is 0.175 e. The molecule has 1 aliphatic heterocycles. The molecule has 1 heterocycles. The first-order chi connectivity index (χ1) is 12.6. The molecule has 26 heavy (non-hydrogen) atoms. The Morgan fingerprint density at radius 2 is 1.69 bits per heavy atom. The summed E-state index contributed by atoms with van der Waals surface area (Å²) in [7, 11) is 0. The molecule has 2 aromatic carbocycles. The van der Waals surface area contributed by atoms with Gasteiger partial charge in [0.25, 0.3) is 0 Å². The van der Waals surface area contributed by atoms with Crippen molar-refractivity contribution < 1.29 is 4.79 Å². The smallest absolute Gasteiger partial charge is 0.175 e. The first-order valence-electron chi connectivity index (χ1n) is 9.10. The number of rotatable bonds is 5. The van der Waals surface area contributed by atoms with Crippen LogP contribution in [0, 0.1) is 0 Å². The van der Waals surface area contributed by atoms with Crippen LogP contribution in [-0.4, -0.2) is 28.9 Å². The zero-order valence-electron chi connectivity index (χ0n) is 15.1. The Balaban J connectivity index is 1.54. The Kier molecular flexibility index (Phi) is 6.36. The van der Waals surface area contributed by atoms with Gasteiger partial charge in [-0.1, -0.05) is 30.7 Å². The lowest BCUT2D eigenvalue weighted by molar-refractivity contribution is 0.101. The number of nitrogens with one attached hydrogen (secondary N) is 2.